The highest BCUT2D eigenvalue weighted by molar-refractivity contribution is 5.75. The number of pyridine rings is 1. The van der Waals surface area contributed by atoms with E-state index in [2.05, 4.69) is 58.4 Å². The molecule has 3 rings (SSSR count). The molecule has 2 amide bonds. The quantitative estimate of drug-likeness (QED) is 0.736. The molecule has 30 heavy (non-hydrogen) atoms. The Bertz CT molecular complexity index is 802. The fourth-order valence-electron chi connectivity index (χ4n) is 3.92. The Balaban J connectivity index is 1.71. The minimum absolute atomic E-state index is 0.0627. The molecule has 0 radical (unpaired) electrons. The van der Waals surface area contributed by atoms with Crippen molar-refractivity contribution >= 4 is 6.03 Å². The standard InChI is InChI=1S/C24H35N5O/c1-18(2)22(23-19(3)9-8-12-25-23)27-24(30)26-21(20-10-6-5-7-11-20)17-29-15-13-28(4)14-16-29/h5-12,18,21-22H,13-17H2,1-4H3,(H2,26,27,30). The van der Waals surface area contributed by atoms with Gasteiger partial charge in [0.2, 0.25) is 0 Å². The summed E-state index contributed by atoms with van der Waals surface area (Å²) in [5.41, 5.74) is 3.15. The van der Waals surface area contributed by atoms with Gasteiger partial charge in [-0.2, -0.15) is 0 Å². The molecule has 162 valence electrons. The lowest BCUT2D eigenvalue weighted by Gasteiger charge is -2.35. The zero-order valence-corrected chi connectivity index (χ0v) is 18.6. The van der Waals surface area contributed by atoms with Crippen LogP contribution >= 0.6 is 0 Å². The monoisotopic (exact) mass is 409 g/mol. The first-order valence-electron chi connectivity index (χ1n) is 10.9. The average Bonchev–Trinajstić information content (AvgIpc) is 2.74. The first-order valence-corrected chi connectivity index (χ1v) is 10.9. The van der Waals surface area contributed by atoms with Crippen LogP contribution in [0, 0.1) is 12.8 Å². The number of nitrogens with zero attached hydrogens (tertiary/aromatic N) is 3. The van der Waals surface area contributed by atoms with E-state index < -0.39 is 0 Å². The summed E-state index contributed by atoms with van der Waals surface area (Å²) in [6.45, 7) is 11.2. The van der Waals surface area contributed by atoms with Crippen molar-refractivity contribution in [3.05, 3.63) is 65.5 Å². The molecule has 1 aromatic carbocycles. The SMILES string of the molecule is Cc1cccnc1C(NC(=O)NC(CN1CCN(C)CC1)c1ccccc1)C(C)C. The van der Waals surface area contributed by atoms with Gasteiger partial charge in [0.25, 0.3) is 0 Å². The molecule has 6 nitrogen and oxygen atoms in total. The maximum Gasteiger partial charge on any atom is 0.315 e. The predicted molar refractivity (Wildman–Crippen MR) is 121 cm³/mol. The van der Waals surface area contributed by atoms with Gasteiger partial charge in [0.05, 0.1) is 17.8 Å². The van der Waals surface area contributed by atoms with Gasteiger partial charge < -0.3 is 15.5 Å². The Morgan fingerprint density at radius 1 is 1.03 bits per heavy atom. The van der Waals surface area contributed by atoms with E-state index in [9.17, 15) is 4.79 Å². The molecule has 2 N–H and O–H groups in total. The molecule has 0 spiro atoms. The van der Waals surface area contributed by atoms with Gasteiger partial charge in [-0.15, -0.1) is 0 Å². The van der Waals surface area contributed by atoms with Crippen LogP contribution in [0.25, 0.3) is 0 Å². The summed E-state index contributed by atoms with van der Waals surface area (Å²) < 4.78 is 0. The van der Waals surface area contributed by atoms with Gasteiger partial charge >= 0.3 is 6.03 Å². The number of carbonyl (C=O) groups is 1. The van der Waals surface area contributed by atoms with Crippen LogP contribution in [0.4, 0.5) is 4.79 Å². The number of amides is 2. The molecule has 1 fully saturated rings. The van der Waals surface area contributed by atoms with Crippen molar-refractivity contribution in [1.82, 2.24) is 25.4 Å². The van der Waals surface area contributed by atoms with Crippen molar-refractivity contribution < 1.29 is 4.79 Å². The van der Waals surface area contributed by atoms with Crippen LogP contribution in [-0.2, 0) is 0 Å². The molecule has 1 aliphatic heterocycles. The van der Waals surface area contributed by atoms with Crippen LogP contribution in [0.3, 0.4) is 0 Å². The van der Waals surface area contributed by atoms with Crippen molar-refractivity contribution in [2.75, 3.05) is 39.8 Å². The second-order valence-electron chi connectivity index (χ2n) is 8.61. The fraction of sp³-hybridized carbons (Fsp3) is 0.500. The number of benzene rings is 1. The number of hydrogen-bond acceptors (Lipinski definition) is 4. The Morgan fingerprint density at radius 3 is 2.37 bits per heavy atom. The zero-order chi connectivity index (χ0) is 21.5. The number of aryl methyl sites for hydroxylation is 1. The summed E-state index contributed by atoms with van der Waals surface area (Å²) in [4.78, 5) is 22.4. The molecule has 2 heterocycles. The molecular formula is C24H35N5O. The van der Waals surface area contributed by atoms with Gasteiger partial charge in [0, 0.05) is 38.9 Å². The predicted octanol–water partition coefficient (Wildman–Crippen LogP) is 3.38. The summed E-state index contributed by atoms with van der Waals surface area (Å²) in [5.74, 6) is 0.233. The van der Waals surface area contributed by atoms with Crippen LogP contribution in [-0.4, -0.2) is 60.6 Å². The molecule has 1 aliphatic rings. The molecule has 2 atom stereocenters. The molecule has 0 saturated carbocycles. The molecule has 1 aromatic heterocycles. The highest BCUT2D eigenvalue weighted by Crippen LogP contribution is 2.23. The molecule has 0 aliphatic carbocycles. The molecule has 0 bridgehead atoms. The Hall–Kier alpha value is -2.44. The number of aromatic nitrogens is 1. The Kier molecular flexibility index (Phi) is 7.82. The van der Waals surface area contributed by atoms with Crippen LogP contribution in [0.1, 0.15) is 42.8 Å². The van der Waals surface area contributed by atoms with E-state index in [4.69, 9.17) is 0 Å². The lowest BCUT2D eigenvalue weighted by atomic mass is 9.97. The van der Waals surface area contributed by atoms with Crippen molar-refractivity contribution in [3.8, 4) is 0 Å². The molecule has 1 saturated heterocycles. The number of nitrogens with one attached hydrogen (secondary N) is 2. The third-order valence-electron chi connectivity index (χ3n) is 5.84. The van der Waals surface area contributed by atoms with E-state index >= 15 is 0 Å². The molecule has 2 aromatic rings. The van der Waals surface area contributed by atoms with Gasteiger partial charge in [-0.1, -0.05) is 50.2 Å². The Labute approximate surface area is 180 Å². The lowest BCUT2D eigenvalue weighted by Crippen LogP contribution is -2.49. The summed E-state index contributed by atoms with van der Waals surface area (Å²) in [7, 11) is 2.16. The third kappa shape index (κ3) is 6.03. The van der Waals surface area contributed by atoms with Crippen molar-refractivity contribution in [2.24, 2.45) is 5.92 Å². The number of carbonyl (C=O) groups excluding carboxylic acids is 1. The first-order chi connectivity index (χ1) is 14.4. The lowest BCUT2D eigenvalue weighted by molar-refractivity contribution is 0.142. The number of piperazine rings is 1. The third-order valence-corrected chi connectivity index (χ3v) is 5.84. The second-order valence-corrected chi connectivity index (χ2v) is 8.61. The van der Waals surface area contributed by atoms with Gasteiger partial charge in [0.15, 0.2) is 0 Å². The Morgan fingerprint density at radius 2 is 1.73 bits per heavy atom. The van der Waals surface area contributed by atoms with Crippen molar-refractivity contribution in [2.45, 2.75) is 32.9 Å². The maximum absolute atomic E-state index is 13.0. The summed E-state index contributed by atoms with van der Waals surface area (Å²) in [6, 6.07) is 13.9. The van der Waals surface area contributed by atoms with Crippen LogP contribution < -0.4 is 10.6 Å². The van der Waals surface area contributed by atoms with Crippen molar-refractivity contribution in [3.63, 3.8) is 0 Å². The smallest absolute Gasteiger partial charge is 0.315 e. The molecule has 6 heteroatoms. The van der Waals surface area contributed by atoms with Gasteiger partial charge in [0.1, 0.15) is 0 Å². The highest BCUT2D eigenvalue weighted by atomic mass is 16.2. The molecular weight excluding hydrogens is 374 g/mol. The van der Waals surface area contributed by atoms with Gasteiger partial charge in [-0.05, 0) is 37.1 Å². The van der Waals surface area contributed by atoms with Gasteiger partial charge in [-0.25, -0.2) is 4.79 Å². The second kappa shape index (κ2) is 10.5. The maximum atomic E-state index is 13.0. The van der Waals surface area contributed by atoms with Gasteiger partial charge in [-0.3, -0.25) is 9.88 Å². The number of likely N-dealkylation sites (N-methyl/N-ethyl adjacent to an activating group) is 1. The molecule has 2 unspecified atom stereocenters. The van der Waals surface area contributed by atoms with Crippen LogP contribution in [0.15, 0.2) is 48.7 Å². The highest BCUT2D eigenvalue weighted by Gasteiger charge is 2.25. The fourth-order valence-corrected chi connectivity index (χ4v) is 3.92. The normalized spacial score (nSPS) is 17.5. The van der Waals surface area contributed by atoms with Crippen LogP contribution in [0.2, 0.25) is 0 Å². The summed E-state index contributed by atoms with van der Waals surface area (Å²) in [5, 5.41) is 6.41. The summed E-state index contributed by atoms with van der Waals surface area (Å²) in [6.07, 6.45) is 1.79. The number of urea groups is 1. The van der Waals surface area contributed by atoms with Crippen LogP contribution in [0.5, 0.6) is 0 Å². The van der Waals surface area contributed by atoms with E-state index in [-0.39, 0.29) is 24.0 Å². The topological polar surface area (TPSA) is 60.5 Å². The first kappa shape index (κ1) is 22.2. The minimum atomic E-state index is -0.151. The minimum Gasteiger partial charge on any atom is -0.330 e. The average molecular weight is 410 g/mol. The van der Waals surface area contributed by atoms with Crippen molar-refractivity contribution in [1.29, 1.82) is 0 Å². The number of hydrogen-bond donors (Lipinski definition) is 2. The zero-order valence-electron chi connectivity index (χ0n) is 18.6. The van der Waals surface area contributed by atoms with E-state index in [1.54, 1.807) is 6.20 Å². The van der Waals surface area contributed by atoms with E-state index in [1.807, 2.05) is 37.3 Å². The largest absolute Gasteiger partial charge is 0.330 e. The van der Waals surface area contributed by atoms with E-state index in [1.165, 1.54) is 0 Å². The summed E-state index contributed by atoms with van der Waals surface area (Å²) >= 11 is 0. The van der Waals surface area contributed by atoms with E-state index in [0.717, 1.165) is 49.5 Å². The number of rotatable bonds is 7. The van der Waals surface area contributed by atoms with E-state index in [0.29, 0.717) is 0 Å².